The molecular weight excluding hydrogens is 576 g/mol. The summed E-state index contributed by atoms with van der Waals surface area (Å²) in [5, 5.41) is 0.513. The van der Waals surface area contributed by atoms with Crippen LogP contribution in [0.1, 0.15) is 49.7 Å². The van der Waals surface area contributed by atoms with Crippen molar-refractivity contribution in [2.75, 3.05) is 50.8 Å². The van der Waals surface area contributed by atoms with Gasteiger partial charge in [0.1, 0.15) is 24.0 Å². The molecule has 0 saturated carbocycles. The van der Waals surface area contributed by atoms with Crippen LogP contribution in [-0.2, 0) is 17.6 Å². The number of rotatable bonds is 7. The third kappa shape index (κ3) is 5.29. The van der Waals surface area contributed by atoms with Gasteiger partial charge in [-0.3, -0.25) is 14.7 Å². The summed E-state index contributed by atoms with van der Waals surface area (Å²) in [7, 11) is 0. The fourth-order valence-electron chi connectivity index (χ4n) is 7.92. The Bertz CT molecular complexity index is 1700. The quantitative estimate of drug-likeness (QED) is 0.270. The van der Waals surface area contributed by atoms with Crippen LogP contribution >= 0.6 is 0 Å². The number of benzene rings is 1. The van der Waals surface area contributed by atoms with Crippen molar-refractivity contribution < 1.29 is 18.3 Å². The number of aryl methyl sites for hydroxylation is 1. The Hall–Kier alpha value is -4.17. The highest BCUT2D eigenvalue weighted by molar-refractivity contribution is 5.94. The minimum absolute atomic E-state index is 0.00905. The van der Waals surface area contributed by atoms with Crippen molar-refractivity contribution in [1.82, 2.24) is 24.8 Å². The van der Waals surface area contributed by atoms with Gasteiger partial charge in [-0.05, 0) is 81.6 Å². The number of carbonyl (C=O) groups is 1. The first-order valence-corrected chi connectivity index (χ1v) is 16.0. The van der Waals surface area contributed by atoms with Crippen molar-refractivity contribution in [3.8, 4) is 17.1 Å². The number of piperazine rings is 1. The number of fused-ring (bicyclic) bond motifs is 3. The fourth-order valence-corrected chi connectivity index (χ4v) is 7.92. The molecule has 1 atom stereocenters. The lowest BCUT2D eigenvalue weighted by Gasteiger charge is -2.39. The van der Waals surface area contributed by atoms with Gasteiger partial charge in [-0.1, -0.05) is 12.6 Å². The zero-order valence-corrected chi connectivity index (χ0v) is 25.4. The van der Waals surface area contributed by atoms with E-state index in [9.17, 15) is 9.18 Å². The van der Waals surface area contributed by atoms with Gasteiger partial charge in [-0.15, -0.1) is 0 Å². The molecular formula is C34H37F2N7O2. The van der Waals surface area contributed by atoms with Gasteiger partial charge in [0.2, 0.25) is 6.54 Å². The highest BCUT2D eigenvalue weighted by Crippen LogP contribution is 2.40. The Labute approximate surface area is 261 Å². The van der Waals surface area contributed by atoms with E-state index in [0.717, 1.165) is 81.1 Å². The molecule has 0 spiro atoms. The third-order valence-corrected chi connectivity index (χ3v) is 10.2. The van der Waals surface area contributed by atoms with Crippen LogP contribution in [0.3, 0.4) is 0 Å². The molecule has 2 aromatic heterocycles. The van der Waals surface area contributed by atoms with E-state index in [4.69, 9.17) is 16.3 Å². The molecule has 5 heterocycles. The number of pyridine rings is 1. The lowest BCUT2D eigenvalue weighted by atomic mass is 9.87. The summed E-state index contributed by atoms with van der Waals surface area (Å²) in [4.78, 5) is 35.8. The molecule has 3 saturated heterocycles. The topological polar surface area (TPSA) is 79.1 Å². The highest BCUT2D eigenvalue weighted by atomic mass is 19.1. The molecule has 3 fully saturated rings. The summed E-state index contributed by atoms with van der Waals surface area (Å²) in [6.45, 7) is 13.9. The molecule has 1 aromatic carbocycles. The second-order valence-electron chi connectivity index (χ2n) is 12.7. The van der Waals surface area contributed by atoms with Crippen LogP contribution in [0.5, 0.6) is 6.01 Å². The van der Waals surface area contributed by atoms with Gasteiger partial charge in [0.05, 0.1) is 5.54 Å². The smallest absolute Gasteiger partial charge is 0.319 e. The summed E-state index contributed by atoms with van der Waals surface area (Å²) < 4.78 is 36.9. The summed E-state index contributed by atoms with van der Waals surface area (Å²) in [5.41, 5.74) is 3.65. The average molecular weight is 614 g/mol. The number of aromatic nitrogens is 3. The number of ether oxygens (including phenoxy) is 1. The van der Waals surface area contributed by atoms with Crippen LogP contribution in [-0.4, -0.2) is 88.1 Å². The van der Waals surface area contributed by atoms with Crippen molar-refractivity contribution in [2.45, 2.75) is 62.9 Å². The van der Waals surface area contributed by atoms with E-state index in [1.165, 1.54) is 4.90 Å². The molecule has 4 aliphatic rings. The molecule has 0 N–H and O–H groups in total. The molecule has 11 heteroatoms. The molecule has 7 rings (SSSR count). The summed E-state index contributed by atoms with van der Waals surface area (Å²) >= 11 is 0. The molecule has 234 valence electrons. The van der Waals surface area contributed by atoms with E-state index < -0.39 is 23.6 Å². The zero-order chi connectivity index (χ0) is 31.1. The monoisotopic (exact) mass is 613 g/mol. The second kappa shape index (κ2) is 12.0. The fraction of sp³-hybridized carbons (Fsp3) is 0.500. The summed E-state index contributed by atoms with van der Waals surface area (Å²) in [5.74, 6) is -1.85. The van der Waals surface area contributed by atoms with E-state index in [-0.39, 0.29) is 36.7 Å². The molecule has 1 amide bonds. The molecule has 0 unspecified atom stereocenters. The molecule has 0 radical (unpaired) electrons. The Kier molecular flexibility index (Phi) is 7.86. The lowest BCUT2D eigenvalue weighted by Crippen LogP contribution is -2.56. The second-order valence-corrected chi connectivity index (χ2v) is 12.7. The number of anilines is 1. The van der Waals surface area contributed by atoms with Crippen molar-refractivity contribution >= 4 is 22.6 Å². The Morgan fingerprint density at radius 2 is 1.87 bits per heavy atom. The Morgan fingerprint density at radius 1 is 1.07 bits per heavy atom. The van der Waals surface area contributed by atoms with E-state index in [0.29, 0.717) is 29.9 Å². The number of amides is 1. The van der Waals surface area contributed by atoms with Crippen LogP contribution in [0.2, 0.25) is 0 Å². The van der Waals surface area contributed by atoms with Crippen LogP contribution in [0, 0.1) is 12.4 Å². The number of halogens is 2. The van der Waals surface area contributed by atoms with Crippen LogP contribution < -0.4 is 9.64 Å². The summed E-state index contributed by atoms with van der Waals surface area (Å²) in [6.07, 6.45) is 11.9. The van der Waals surface area contributed by atoms with Gasteiger partial charge in [-0.25, -0.2) is 15.4 Å². The van der Waals surface area contributed by atoms with Crippen molar-refractivity contribution in [3.05, 3.63) is 65.3 Å². The third-order valence-electron chi connectivity index (χ3n) is 10.2. The molecule has 0 bridgehead atoms. The van der Waals surface area contributed by atoms with Crippen molar-refractivity contribution in [2.24, 2.45) is 0 Å². The van der Waals surface area contributed by atoms with Gasteiger partial charge in [0.25, 0.3) is 5.91 Å². The maximum absolute atomic E-state index is 16.7. The van der Waals surface area contributed by atoms with Gasteiger partial charge >= 0.3 is 6.01 Å². The predicted molar refractivity (Wildman–Crippen MR) is 167 cm³/mol. The first kappa shape index (κ1) is 29.5. The Morgan fingerprint density at radius 3 is 2.64 bits per heavy atom. The van der Waals surface area contributed by atoms with Gasteiger partial charge in [0.15, 0.2) is 11.6 Å². The minimum Gasteiger partial charge on any atom is -0.461 e. The summed E-state index contributed by atoms with van der Waals surface area (Å²) in [6, 6.07) is 3.14. The Balaban J connectivity index is 1.30. The van der Waals surface area contributed by atoms with Crippen LogP contribution in [0.15, 0.2) is 36.9 Å². The lowest BCUT2D eigenvalue weighted by molar-refractivity contribution is -0.131. The molecule has 3 aliphatic heterocycles. The van der Waals surface area contributed by atoms with E-state index in [2.05, 4.69) is 26.3 Å². The van der Waals surface area contributed by atoms with Gasteiger partial charge < -0.3 is 19.4 Å². The maximum atomic E-state index is 16.7. The highest BCUT2D eigenvalue weighted by Gasteiger charge is 2.45. The van der Waals surface area contributed by atoms with Crippen molar-refractivity contribution in [3.63, 3.8) is 0 Å². The largest absolute Gasteiger partial charge is 0.461 e. The van der Waals surface area contributed by atoms with Crippen LogP contribution in [0.4, 0.5) is 14.6 Å². The number of nitrogens with zero attached hydrogens (tertiary/aromatic N) is 7. The zero-order valence-electron chi connectivity index (χ0n) is 25.4. The number of hydrogen-bond acceptors (Lipinski definition) is 7. The number of hydrogen-bond donors (Lipinski definition) is 0. The van der Waals surface area contributed by atoms with Crippen LogP contribution in [0.25, 0.3) is 26.9 Å². The molecule has 9 nitrogen and oxygen atoms in total. The predicted octanol–water partition coefficient (Wildman–Crippen LogP) is 5.14. The normalized spacial score (nSPS) is 21.0. The standard InChI is InChI=1S/C34H37F2N7O2/c1-22(35)32(44)43-16-15-41(20-24(43)18-37-2)31-27-10-9-26(28-19-38-17-23-7-3-4-8-25(23)28)29(36)30(27)39-33(40-31)45-21-34-11-5-13-42(34)14-6-12-34/h9-10,17,19,24H,1,3-8,11-16,18,20-21H2/t24-/m0/s1. The first-order valence-electron chi connectivity index (χ1n) is 16.0. The van der Waals surface area contributed by atoms with Crippen molar-refractivity contribution in [1.29, 1.82) is 0 Å². The average Bonchev–Trinajstić information content (AvgIpc) is 3.64. The minimum atomic E-state index is -1.05. The van der Waals surface area contributed by atoms with Gasteiger partial charge in [-0.2, -0.15) is 9.97 Å². The SMILES string of the molecule is [C-]#[N+]C[C@H]1CN(c2nc(OCC34CCCN3CCC4)nc3c(F)c(-c4cncc5c4CCCC5)ccc23)CCN1C(=O)C(=C)F. The van der Waals surface area contributed by atoms with Gasteiger partial charge in [0, 0.05) is 48.5 Å². The first-order chi connectivity index (χ1) is 21.9. The maximum Gasteiger partial charge on any atom is 0.319 e. The number of carbonyl (C=O) groups excluding carboxylic acids is 1. The molecule has 45 heavy (non-hydrogen) atoms. The molecule has 3 aromatic rings. The van der Waals surface area contributed by atoms with E-state index >= 15 is 4.39 Å². The van der Waals surface area contributed by atoms with E-state index in [1.54, 1.807) is 12.3 Å². The van der Waals surface area contributed by atoms with E-state index in [1.807, 2.05) is 17.2 Å². The molecule has 1 aliphatic carbocycles.